The summed E-state index contributed by atoms with van der Waals surface area (Å²) in [6.07, 6.45) is -1.97. The zero-order chi connectivity index (χ0) is 23.4. The Balaban J connectivity index is 1.24. The average molecular weight is 449 g/mol. The van der Waals surface area contributed by atoms with Crippen LogP contribution in [0.3, 0.4) is 0 Å². The molecule has 2 atom stereocenters. The van der Waals surface area contributed by atoms with Crippen LogP contribution in [0.4, 0.5) is 5.69 Å². The Hall–Kier alpha value is -3.41. The van der Waals surface area contributed by atoms with Crippen LogP contribution < -0.4 is 10.2 Å². The summed E-state index contributed by atoms with van der Waals surface area (Å²) in [4.78, 5) is 28.6. The minimum atomic E-state index is -1.82. The summed E-state index contributed by atoms with van der Waals surface area (Å²) < 4.78 is 0. The normalized spacial score (nSPS) is 17.7. The lowest BCUT2D eigenvalue weighted by molar-refractivity contribution is -0.153. The van der Waals surface area contributed by atoms with Crippen molar-refractivity contribution in [3.05, 3.63) is 65.2 Å². The van der Waals surface area contributed by atoms with Crippen molar-refractivity contribution in [2.24, 2.45) is 5.92 Å². The van der Waals surface area contributed by atoms with Gasteiger partial charge in [0.05, 0.1) is 11.3 Å². The number of nitrogens with zero attached hydrogens (tertiary/aromatic N) is 3. The van der Waals surface area contributed by atoms with Crippen LogP contribution in [0.1, 0.15) is 29.5 Å². The van der Waals surface area contributed by atoms with Gasteiger partial charge in [-0.15, -0.1) is 0 Å². The fourth-order valence-electron chi connectivity index (χ4n) is 4.53. The molecular weight excluding hydrogens is 420 g/mol. The van der Waals surface area contributed by atoms with Crippen LogP contribution in [0, 0.1) is 17.2 Å². The van der Waals surface area contributed by atoms with Gasteiger partial charge in [0.25, 0.3) is 11.8 Å². The molecule has 2 aromatic rings. The highest BCUT2D eigenvalue weighted by Gasteiger charge is 2.35. The summed E-state index contributed by atoms with van der Waals surface area (Å²) in [6, 6.07) is 17.3. The monoisotopic (exact) mass is 448 g/mol. The number of rotatable bonds is 6. The molecule has 0 aromatic heterocycles. The Morgan fingerprint density at radius 3 is 2.24 bits per heavy atom. The van der Waals surface area contributed by atoms with Crippen molar-refractivity contribution in [2.45, 2.75) is 38.1 Å². The van der Waals surface area contributed by atoms with E-state index in [9.17, 15) is 25.1 Å². The summed E-state index contributed by atoms with van der Waals surface area (Å²) in [5, 5.41) is 32.6. The Morgan fingerprint density at radius 1 is 1.00 bits per heavy atom. The first-order valence-electron chi connectivity index (χ1n) is 11.2. The molecule has 8 heteroatoms. The van der Waals surface area contributed by atoms with Crippen LogP contribution in [0.25, 0.3) is 0 Å². The highest BCUT2D eigenvalue weighted by molar-refractivity contribution is 5.91. The third-order valence-corrected chi connectivity index (χ3v) is 6.52. The first kappa shape index (κ1) is 22.8. The van der Waals surface area contributed by atoms with Gasteiger partial charge in [-0.3, -0.25) is 9.59 Å². The van der Waals surface area contributed by atoms with E-state index in [-0.39, 0.29) is 5.92 Å². The lowest BCUT2D eigenvalue weighted by Crippen LogP contribution is -2.50. The number of carbonyl (C=O) groups excluding carboxylic acids is 2. The van der Waals surface area contributed by atoms with E-state index in [2.05, 4.69) is 16.3 Å². The molecule has 4 rings (SSSR count). The fourth-order valence-corrected chi connectivity index (χ4v) is 4.53. The summed E-state index contributed by atoms with van der Waals surface area (Å²) >= 11 is 0. The molecule has 2 heterocycles. The number of anilines is 1. The average Bonchev–Trinajstić information content (AvgIpc) is 3.30. The molecule has 0 aliphatic carbocycles. The SMILES string of the molecule is N#Cc1ccccc1N1CCC(CNC(=O)C(O)C(O)C(=O)N2Cc3ccccc3C2)CC1. The van der Waals surface area contributed by atoms with E-state index in [1.165, 1.54) is 4.90 Å². The zero-order valence-electron chi connectivity index (χ0n) is 18.4. The van der Waals surface area contributed by atoms with Gasteiger partial charge in [-0.25, -0.2) is 0 Å². The Kier molecular flexibility index (Phi) is 6.92. The number of aliphatic hydroxyl groups excluding tert-OH is 2. The van der Waals surface area contributed by atoms with Gasteiger partial charge in [0.15, 0.2) is 12.2 Å². The fraction of sp³-hybridized carbons (Fsp3) is 0.400. The molecule has 0 spiro atoms. The van der Waals surface area contributed by atoms with E-state index in [0.29, 0.717) is 25.2 Å². The van der Waals surface area contributed by atoms with Crippen molar-refractivity contribution in [3.63, 3.8) is 0 Å². The first-order chi connectivity index (χ1) is 16.0. The van der Waals surface area contributed by atoms with Crippen LogP contribution in [0.2, 0.25) is 0 Å². The molecule has 2 aromatic carbocycles. The summed E-state index contributed by atoms with van der Waals surface area (Å²) in [5.41, 5.74) is 3.57. The molecule has 0 saturated carbocycles. The van der Waals surface area contributed by atoms with Gasteiger partial charge in [0, 0.05) is 32.7 Å². The van der Waals surface area contributed by atoms with Gasteiger partial charge in [0.1, 0.15) is 6.07 Å². The molecule has 2 aliphatic rings. The molecule has 1 fully saturated rings. The Morgan fingerprint density at radius 2 is 1.61 bits per heavy atom. The molecule has 1 saturated heterocycles. The maximum Gasteiger partial charge on any atom is 0.255 e. The van der Waals surface area contributed by atoms with Crippen molar-refractivity contribution >= 4 is 17.5 Å². The van der Waals surface area contributed by atoms with Crippen LogP contribution in [0.5, 0.6) is 0 Å². The number of aliphatic hydroxyl groups is 2. The number of piperidine rings is 1. The van der Waals surface area contributed by atoms with Crippen molar-refractivity contribution in [1.29, 1.82) is 5.26 Å². The summed E-state index contributed by atoms with van der Waals surface area (Å²) in [5.74, 6) is -1.18. The topological polar surface area (TPSA) is 117 Å². The standard InChI is InChI=1S/C25H28N4O4/c26-13-18-5-3-4-8-21(18)28-11-9-17(10-12-28)14-27-24(32)22(30)23(31)25(33)29-15-19-6-1-2-7-20(19)16-29/h1-8,17,22-23,30-31H,9-12,14-16H2,(H,27,32). The number of hydrogen-bond acceptors (Lipinski definition) is 6. The highest BCUT2D eigenvalue weighted by Crippen LogP contribution is 2.26. The maximum absolute atomic E-state index is 12.6. The van der Waals surface area contributed by atoms with Crippen molar-refractivity contribution in [3.8, 4) is 6.07 Å². The molecule has 0 bridgehead atoms. The van der Waals surface area contributed by atoms with E-state index >= 15 is 0 Å². The van der Waals surface area contributed by atoms with Crippen LogP contribution in [0.15, 0.2) is 48.5 Å². The van der Waals surface area contributed by atoms with Gasteiger partial charge in [-0.2, -0.15) is 5.26 Å². The number of para-hydroxylation sites is 1. The van der Waals surface area contributed by atoms with Gasteiger partial charge in [0.2, 0.25) is 0 Å². The van der Waals surface area contributed by atoms with Crippen LogP contribution in [-0.4, -0.2) is 58.8 Å². The number of fused-ring (bicyclic) bond motifs is 1. The molecule has 3 N–H and O–H groups in total. The number of nitriles is 1. The summed E-state index contributed by atoms with van der Waals surface area (Å²) in [6.45, 7) is 2.60. The number of benzene rings is 2. The molecule has 172 valence electrons. The van der Waals surface area contributed by atoms with Crippen molar-refractivity contribution < 1.29 is 19.8 Å². The second-order valence-corrected chi connectivity index (χ2v) is 8.66. The molecule has 2 aliphatic heterocycles. The van der Waals surface area contributed by atoms with Crippen molar-refractivity contribution in [2.75, 3.05) is 24.5 Å². The molecule has 8 nitrogen and oxygen atoms in total. The molecule has 0 radical (unpaired) electrons. The molecule has 33 heavy (non-hydrogen) atoms. The first-order valence-corrected chi connectivity index (χ1v) is 11.2. The number of nitrogens with one attached hydrogen (secondary N) is 1. The van der Waals surface area contributed by atoms with Crippen LogP contribution >= 0.6 is 0 Å². The predicted octanol–water partition coefficient (Wildman–Crippen LogP) is 1.16. The van der Waals surface area contributed by atoms with Gasteiger partial charge in [-0.1, -0.05) is 36.4 Å². The van der Waals surface area contributed by atoms with Gasteiger partial charge < -0.3 is 25.3 Å². The number of hydrogen-bond donors (Lipinski definition) is 3. The van der Waals surface area contributed by atoms with Crippen molar-refractivity contribution in [1.82, 2.24) is 10.2 Å². The number of amides is 2. The van der Waals surface area contributed by atoms with E-state index < -0.39 is 24.0 Å². The summed E-state index contributed by atoms with van der Waals surface area (Å²) in [7, 11) is 0. The lowest BCUT2D eigenvalue weighted by atomic mass is 9.95. The quantitative estimate of drug-likeness (QED) is 0.611. The third kappa shape index (κ3) is 5.00. The molecular formula is C25H28N4O4. The predicted molar refractivity (Wildman–Crippen MR) is 122 cm³/mol. The Labute approximate surface area is 193 Å². The second-order valence-electron chi connectivity index (χ2n) is 8.66. The smallest absolute Gasteiger partial charge is 0.255 e. The second kappa shape index (κ2) is 10.0. The largest absolute Gasteiger partial charge is 0.380 e. The minimum Gasteiger partial charge on any atom is -0.380 e. The lowest BCUT2D eigenvalue weighted by Gasteiger charge is -2.34. The highest BCUT2D eigenvalue weighted by atomic mass is 16.3. The van der Waals surface area contributed by atoms with Gasteiger partial charge >= 0.3 is 0 Å². The van der Waals surface area contributed by atoms with E-state index in [4.69, 9.17) is 0 Å². The molecule has 2 amide bonds. The van der Waals surface area contributed by atoms with E-state index in [0.717, 1.165) is 42.7 Å². The third-order valence-electron chi connectivity index (χ3n) is 6.52. The molecule has 2 unspecified atom stereocenters. The van der Waals surface area contributed by atoms with Crippen LogP contribution in [-0.2, 0) is 22.7 Å². The zero-order valence-corrected chi connectivity index (χ0v) is 18.4. The van der Waals surface area contributed by atoms with Gasteiger partial charge in [-0.05, 0) is 42.0 Å². The van der Waals surface area contributed by atoms with E-state index in [1.54, 1.807) is 6.07 Å². The Bertz CT molecular complexity index is 1030. The maximum atomic E-state index is 12.6. The number of carbonyl (C=O) groups is 2. The minimum absolute atomic E-state index is 0.215. The van der Waals surface area contributed by atoms with E-state index in [1.807, 2.05) is 42.5 Å².